The van der Waals surface area contributed by atoms with Crippen LogP contribution in [0.2, 0.25) is 10.0 Å². The van der Waals surface area contributed by atoms with Gasteiger partial charge in [-0.15, -0.1) is 0 Å². The quantitative estimate of drug-likeness (QED) is 0.540. The fourth-order valence-corrected chi connectivity index (χ4v) is 5.38. The lowest BCUT2D eigenvalue weighted by Gasteiger charge is -2.36. The first-order chi connectivity index (χ1) is 16.5. The van der Waals surface area contributed by atoms with Crippen molar-refractivity contribution in [2.24, 2.45) is 11.0 Å². The van der Waals surface area contributed by atoms with E-state index in [0.29, 0.717) is 39.5 Å². The zero-order valence-corrected chi connectivity index (χ0v) is 19.9. The first-order valence-electron chi connectivity index (χ1n) is 11.1. The van der Waals surface area contributed by atoms with Gasteiger partial charge >= 0.3 is 0 Å². The molecule has 1 unspecified atom stereocenters. The van der Waals surface area contributed by atoms with Crippen LogP contribution in [-0.4, -0.2) is 59.8 Å². The van der Waals surface area contributed by atoms with Crippen LogP contribution in [-0.2, 0) is 0 Å². The lowest BCUT2D eigenvalue weighted by Crippen LogP contribution is -2.45. The number of aromatic amines is 1. The predicted molar refractivity (Wildman–Crippen MR) is 136 cm³/mol. The fourth-order valence-electron chi connectivity index (χ4n) is 4.78. The highest BCUT2D eigenvalue weighted by Gasteiger charge is 2.33. The summed E-state index contributed by atoms with van der Waals surface area (Å²) in [6.45, 7) is 2.34. The highest BCUT2D eigenvalue weighted by molar-refractivity contribution is 6.40. The van der Waals surface area contributed by atoms with Gasteiger partial charge in [-0.25, -0.2) is 4.98 Å². The maximum absolute atomic E-state index is 13.5. The molecular formula is C24H22Cl2N7O+. The number of anilines is 2. The number of amides is 1. The monoisotopic (exact) mass is 494 g/mol. The zero-order chi connectivity index (χ0) is 23.4. The summed E-state index contributed by atoms with van der Waals surface area (Å²) in [5, 5.41) is 9.60. The van der Waals surface area contributed by atoms with Crippen molar-refractivity contribution in [2.75, 3.05) is 36.6 Å². The van der Waals surface area contributed by atoms with Crippen molar-refractivity contribution in [1.29, 1.82) is 0 Å². The normalized spacial score (nSPS) is 21.1. The average molecular weight is 495 g/mol. The molecule has 0 saturated carbocycles. The van der Waals surface area contributed by atoms with Gasteiger partial charge in [0.2, 0.25) is 6.20 Å². The Morgan fingerprint density at radius 3 is 2.82 bits per heavy atom. The molecule has 1 aromatic carbocycles. The van der Waals surface area contributed by atoms with Gasteiger partial charge < -0.3 is 15.2 Å². The molecule has 10 heteroatoms. The highest BCUT2D eigenvalue weighted by atomic mass is 35.5. The Bertz CT molecular complexity index is 1400. The number of halogens is 2. The minimum Gasteiger partial charge on any atom is -0.355 e. The van der Waals surface area contributed by atoms with Crippen LogP contribution in [0.1, 0.15) is 22.5 Å². The lowest BCUT2D eigenvalue weighted by molar-refractivity contribution is -0.454. The number of fused-ring (bicyclic) bond motifs is 3. The molecule has 6 rings (SSSR count). The van der Waals surface area contributed by atoms with Gasteiger partial charge in [-0.3, -0.25) is 9.69 Å². The molecule has 3 aromatic rings. The van der Waals surface area contributed by atoms with Crippen molar-refractivity contribution < 1.29 is 9.48 Å². The van der Waals surface area contributed by atoms with E-state index in [1.165, 1.54) is 0 Å². The molecule has 0 aliphatic carbocycles. The molecule has 3 aliphatic rings. The summed E-state index contributed by atoms with van der Waals surface area (Å²) in [5.41, 5.74) is 4.41. The standard InChI is InChI=1S/C24H21Cl2N7O/c1-31-13-33(22-18(25)3-2-4-19(22)26)24(34)17-10-28-23-16(21(17)31)7-20(30-23)15-9-29-32(12-15)11-14-5-6-27-8-14/h2-4,7,9-12,14,27H,5-6,8,13H2,1H3/p+1/b32-11+. The summed E-state index contributed by atoms with van der Waals surface area (Å²) in [5.74, 6) is 0.297. The summed E-state index contributed by atoms with van der Waals surface area (Å²) < 4.78 is 1.88. The second-order valence-electron chi connectivity index (χ2n) is 8.72. The zero-order valence-electron chi connectivity index (χ0n) is 18.4. The van der Waals surface area contributed by atoms with Gasteiger partial charge in [0.15, 0.2) is 6.21 Å². The van der Waals surface area contributed by atoms with Crippen LogP contribution in [0, 0.1) is 5.92 Å². The average Bonchev–Trinajstić information content (AvgIpc) is 3.57. The van der Waals surface area contributed by atoms with Gasteiger partial charge in [0.25, 0.3) is 5.91 Å². The van der Waals surface area contributed by atoms with Gasteiger partial charge in [-0.2, -0.15) is 0 Å². The van der Waals surface area contributed by atoms with E-state index in [2.05, 4.69) is 26.6 Å². The van der Waals surface area contributed by atoms with E-state index in [1.807, 2.05) is 35.1 Å². The lowest BCUT2D eigenvalue weighted by atomic mass is 10.1. The van der Waals surface area contributed by atoms with Crippen molar-refractivity contribution in [3.05, 3.63) is 58.0 Å². The number of H-pyrrole nitrogens is 1. The maximum atomic E-state index is 13.5. The summed E-state index contributed by atoms with van der Waals surface area (Å²) in [6.07, 6.45) is 8.72. The molecule has 3 aliphatic heterocycles. The van der Waals surface area contributed by atoms with Crippen molar-refractivity contribution in [3.63, 3.8) is 0 Å². The van der Waals surface area contributed by atoms with Gasteiger partial charge in [-0.05, 0) is 36.3 Å². The van der Waals surface area contributed by atoms with Crippen molar-refractivity contribution in [1.82, 2.24) is 15.3 Å². The third-order valence-electron chi connectivity index (χ3n) is 6.42. The second-order valence-corrected chi connectivity index (χ2v) is 9.53. The van der Waals surface area contributed by atoms with Crippen LogP contribution < -0.4 is 15.1 Å². The molecule has 2 N–H and O–H groups in total. The predicted octanol–water partition coefficient (Wildman–Crippen LogP) is 3.96. The van der Waals surface area contributed by atoms with E-state index >= 15 is 0 Å². The number of hydrazone groups is 1. The number of carbonyl (C=O) groups excluding carboxylic acids is 1. The van der Waals surface area contributed by atoms with E-state index < -0.39 is 0 Å². The third kappa shape index (κ3) is 3.50. The molecule has 1 fully saturated rings. The number of rotatable bonds is 3. The number of hydrogen-bond donors (Lipinski definition) is 2. The van der Waals surface area contributed by atoms with E-state index in [4.69, 9.17) is 23.2 Å². The third-order valence-corrected chi connectivity index (χ3v) is 7.03. The Kier molecular flexibility index (Phi) is 5.17. The van der Waals surface area contributed by atoms with E-state index in [0.717, 1.165) is 41.9 Å². The van der Waals surface area contributed by atoms with Crippen LogP contribution in [0.5, 0.6) is 0 Å². The second kappa shape index (κ2) is 8.23. The Balaban J connectivity index is 1.37. The maximum Gasteiger partial charge on any atom is 0.263 e. The van der Waals surface area contributed by atoms with Crippen LogP contribution in [0.25, 0.3) is 16.6 Å². The Morgan fingerprint density at radius 2 is 2.06 bits per heavy atom. The molecule has 2 aromatic heterocycles. The van der Waals surface area contributed by atoms with E-state index in [-0.39, 0.29) is 5.91 Å². The van der Waals surface area contributed by atoms with Crippen LogP contribution in [0.15, 0.2) is 41.8 Å². The molecule has 172 valence electrons. The van der Waals surface area contributed by atoms with Crippen molar-refractivity contribution in [3.8, 4) is 0 Å². The molecular weight excluding hydrogens is 473 g/mol. The highest BCUT2D eigenvalue weighted by Crippen LogP contribution is 2.40. The molecule has 1 saturated heterocycles. The van der Waals surface area contributed by atoms with E-state index in [9.17, 15) is 4.79 Å². The Labute approximate surface area is 206 Å². The molecule has 0 bridgehead atoms. The molecule has 0 spiro atoms. The van der Waals surface area contributed by atoms with Crippen molar-refractivity contribution >= 4 is 69.5 Å². The summed E-state index contributed by atoms with van der Waals surface area (Å²) >= 11 is 12.8. The largest absolute Gasteiger partial charge is 0.355 e. The first kappa shape index (κ1) is 21.3. The van der Waals surface area contributed by atoms with Crippen LogP contribution in [0.4, 0.5) is 11.4 Å². The SMILES string of the molecule is CN1CN(c2c(Cl)cccc2Cl)C(=O)c2cnc3[nH]c(C4=C/[N+](=C\C5CCNC5)N=C4)cc3c21. The molecule has 5 heterocycles. The Morgan fingerprint density at radius 1 is 1.24 bits per heavy atom. The molecule has 8 nitrogen and oxygen atoms in total. The minimum absolute atomic E-state index is 0.187. The van der Waals surface area contributed by atoms with Gasteiger partial charge in [-0.1, -0.05) is 34.0 Å². The minimum atomic E-state index is -0.187. The van der Waals surface area contributed by atoms with Gasteiger partial charge in [0.05, 0.1) is 50.8 Å². The van der Waals surface area contributed by atoms with Crippen LogP contribution in [0.3, 0.4) is 0 Å². The number of aromatic nitrogens is 2. The van der Waals surface area contributed by atoms with Crippen molar-refractivity contribution in [2.45, 2.75) is 6.42 Å². The van der Waals surface area contributed by atoms with Crippen LogP contribution >= 0.6 is 23.2 Å². The van der Waals surface area contributed by atoms with Gasteiger partial charge in [0.1, 0.15) is 11.9 Å². The number of carbonyl (C=O) groups is 1. The molecule has 34 heavy (non-hydrogen) atoms. The number of pyridine rings is 1. The number of hydrogen-bond acceptors (Lipinski definition) is 5. The first-order valence-corrected chi connectivity index (χ1v) is 11.8. The fraction of sp³-hybridized carbons (Fsp3) is 0.250. The molecule has 1 atom stereocenters. The number of allylic oxidation sites excluding steroid dienone is 1. The number of benzene rings is 1. The molecule has 1 amide bonds. The van der Waals surface area contributed by atoms with Gasteiger partial charge in [0, 0.05) is 25.2 Å². The van der Waals surface area contributed by atoms with E-state index in [1.54, 1.807) is 29.3 Å². The summed E-state index contributed by atoms with van der Waals surface area (Å²) in [7, 11) is 1.94. The summed E-state index contributed by atoms with van der Waals surface area (Å²) in [4.78, 5) is 25.0. The molecule has 0 radical (unpaired) electrons. The Hall–Kier alpha value is -3.20. The number of para-hydroxylation sites is 1. The topological polar surface area (TPSA) is 79.6 Å². The summed E-state index contributed by atoms with van der Waals surface area (Å²) in [6, 6.07) is 7.25. The smallest absolute Gasteiger partial charge is 0.263 e. The number of nitrogens with zero attached hydrogens (tertiary/aromatic N) is 5. The number of nitrogens with one attached hydrogen (secondary N) is 2.